The summed E-state index contributed by atoms with van der Waals surface area (Å²) in [6, 6.07) is -1.24. The van der Waals surface area contributed by atoms with Crippen LogP contribution in [0.4, 0.5) is 0 Å². The number of carbonyl (C=O) groups is 3. The summed E-state index contributed by atoms with van der Waals surface area (Å²) in [5, 5.41) is 8.88. The molecule has 7 heteroatoms. The average Bonchev–Trinajstić information content (AvgIpc) is 2.48. The maximum absolute atomic E-state index is 11.0. The number of hydrogen-bond acceptors (Lipinski definition) is 6. The van der Waals surface area contributed by atoms with E-state index >= 15 is 0 Å². The zero-order valence-electron chi connectivity index (χ0n) is 7.30. The van der Waals surface area contributed by atoms with Gasteiger partial charge in [-0.15, -0.1) is 5.06 Å². The Bertz CT molecular complexity index is 261. The summed E-state index contributed by atoms with van der Waals surface area (Å²) in [7, 11) is 0. The van der Waals surface area contributed by atoms with Crippen molar-refractivity contribution in [3.8, 4) is 0 Å². The molecule has 1 unspecified atom stereocenters. The molecule has 1 rings (SSSR count). The molecule has 0 aromatic rings. The second-order valence-corrected chi connectivity index (χ2v) is 2.78. The van der Waals surface area contributed by atoms with Crippen LogP contribution in [-0.4, -0.2) is 40.6 Å². The standard InChI is InChI=1S/C7H10N2O5/c8-4(3-10)7(13)14-9-5(11)1-2-6(9)12/h4,10H,1-3,8H2. The predicted molar refractivity (Wildman–Crippen MR) is 42.2 cm³/mol. The Balaban J connectivity index is 2.55. The largest absolute Gasteiger partial charge is 0.394 e. The predicted octanol–water partition coefficient (Wildman–Crippen LogP) is -2.09. The number of hydroxylamine groups is 2. The van der Waals surface area contributed by atoms with Gasteiger partial charge >= 0.3 is 5.97 Å². The first-order valence-corrected chi connectivity index (χ1v) is 4.00. The lowest BCUT2D eigenvalue weighted by Gasteiger charge is -2.14. The molecule has 14 heavy (non-hydrogen) atoms. The molecule has 0 radical (unpaired) electrons. The molecule has 2 amide bonds. The van der Waals surface area contributed by atoms with Gasteiger partial charge in [-0.25, -0.2) is 4.79 Å². The highest BCUT2D eigenvalue weighted by atomic mass is 16.7. The topological polar surface area (TPSA) is 110 Å². The van der Waals surface area contributed by atoms with Crippen molar-refractivity contribution in [2.75, 3.05) is 6.61 Å². The molecule has 3 N–H and O–H groups in total. The van der Waals surface area contributed by atoms with E-state index in [1.165, 1.54) is 0 Å². The van der Waals surface area contributed by atoms with E-state index in [0.717, 1.165) is 0 Å². The van der Waals surface area contributed by atoms with E-state index in [-0.39, 0.29) is 12.8 Å². The van der Waals surface area contributed by atoms with Crippen molar-refractivity contribution >= 4 is 17.8 Å². The number of nitrogens with zero attached hydrogens (tertiary/aromatic N) is 1. The highest BCUT2D eigenvalue weighted by Gasteiger charge is 2.33. The van der Waals surface area contributed by atoms with E-state index in [2.05, 4.69) is 4.84 Å². The zero-order valence-corrected chi connectivity index (χ0v) is 7.30. The second-order valence-electron chi connectivity index (χ2n) is 2.78. The summed E-state index contributed by atoms with van der Waals surface area (Å²) in [6.45, 7) is -0.602. The van der Waals surface area contributed by atoms with Gasteiger partial charge in [0, 0.05) is 12.8 Å². The number of nitrogens with two attached hydrogens (primary N) is 1. The van der Waals surface area contributed by atoms with E-state index in [0.29, 0.717) is 5.06 Å². The first-order valence-electron chi connectivity index (χ1n) is 4.00. The van der Waals surface area contributed by atoms with Gasteiger partial charge in [0.25, 0.3) is 11.8 Å². The number of aliphatic hydroxyl groups excluding tert-OH is 1. The molecule has 0 aromatic carbocycles. The van der Waals surface area contributed by atoms with Gasteiger partial charge in [-0.05, 0) is 0 Å². The molecule has 0 aromatic heterocycles. The van der Waals surface area contributed by atoms with Crippen LogP contribution in [-0.2, 0) is 19.2 Å². The van der Waals surface area contributed by atoms with Crippen molar-refractivity contribution in [1.29, 1.82) is 0 Å². The van der Waals surface area contributed by atoms with Crippen molar-refractivity contribution in [3.63, 3.8) is 0 Å². The molecule has 1 saturated heterocycles. The molecule has 0 spiro atoms. The smallest absolute Gasteiger partial charge is 0.352 e. The van der Waals surface area contributed by atoms with Crippen LogP contribution >= 0.6 is 0 Å². The number of imide groups is 1. The van der Waals surface area contributed by atoms with Crippen LogP contribution in [0.1, 0.15) is 12.8 Å². The summed E-state index contributed by atoms with van der Waals surface area (Å²) in [5.74, 6) is -2.15. The third kappa shape index (κ3) is 2.06. The molecule has 0 saturated carbocycles. The van der Waals surface area contributed by atoms with Crippen LogP contribution in [0.2, 0.25) is 0 Å². The van der Waals surface area contributed by atoms with Crippen LogP contribution in [0.5, 0.6) is 0 Å². The Morgan fingerprint density at radius 3 is 2.43 bits per heavy atom. The van der Waals surface area contributed by atoms with Crippen molar-refractivity contribution in [2.45, 2.75) is 18.9 Å². The van der Waals surface area contributed by atoms with Crippen LogP contribution < -0.4 is 5.73 Å². The monoisotopic (exact) mass is 202 g/mol. The van der Waals surface area contributed by atoms with Crippen LogP contribution in [0.25, 0.3) is 0 Å². The van der Waals surface area contributed by atoms with Crippen molar-refractivity contribution in [2.24, 2.45) is 5.73 Å². The third-order valence-electron chi connectivity index (χ3n) is 1.69. The highest BCUT2D eigenvalue weighted by Crippen LogP contribution is 2.12. The number of rotatable bonds is 3. The Hall–Kier alpha value is -1.47. The number of amides is 2. The highest BCUT2D eigenvalue weighted by molar-refractivity contribution is 6.01. The van der Waals surface area contributed by atoms with E-state index in [1.54, 1.807) is 0 Å². The maximum atomic E-state index is 11.0. The van der Waals surface area contributed by atoms with E-state index in [1.807, 2.05) is 0 Å². The van der Waals surface area contributed by atoms with Gasteiger partial charge in [0.15, 0.2) is 0 Å². The first kappa shape index (κ1) is 10.6. The Labute approximate surface area is 79.4 Å². The molecule has 1 heterocycles. The molecule has 1 aliphatic heterocycles. The summed E-state index contributed by atoms with van der Waals surface area (Å²) < 4.78 is 0. The molecule has 1 atom stereocenters. The minimum atomic E-state index is -1.24. The molecular weight excluding hydrogens is 192 g/mol. The van der Waals surface area contributed by atoms with Gasteiger partial charge in [-0.1, -0.05) is 0 Å². The Kier molecular flexibility index (Phi) is 3.15. The molecule has 1 fully saturated rings. The molecule has 1 aliphatic rings. The van der Waals surface area contributed by atoms with Crippen LogP contribution in [0.15, 0.2) is 0 Å². The summed E-state index contributed by atoms with van der Waals surface area (Å²) in [4.78, 5) is 37.3. The quantitative estimate of drug-likeness (QED) is 0.508. The van der Waals surface area contributed by atoms with Gasteiger partial charge in [0.1, 0.15) is 6.04 Å². The lowest BCUT2D eigenvalue weighted by Crippen LogP contribution is -2.41. The zero-order chi connectivity index (χ0) is 10.7. The van der Waals surface area contributed by atoms with Crippen molar-refractivity contribution < 1.29 is 24.3 Å². The molecule has 78 valence electrons. The summed E-state index contributed by atoms with van der Waals surface area (Å²) in [5.41, 5.74) is 5.11. The average molecular weight is 202 g/mol. The first-order chi connectivity index (χ1) is 6.56. The van der Waals surface area contributed by atoms with Crippen molar-refractivity contribution in [1.82, 2.24) is 5.06 Å². The molecule has 0 bridgehead atoms. The molecular formula is C7H10N2O5. The van der Waals surface area contributed by atoms with Gasteiger partial charge in [-0.3, -0.25) is 9.59 Å². The number of carbonyl (C=O) groups excluding carboxylic acids is 3. The molecule has 0 aliphatic carbocycles. The van der Waals surface area contributed by atoms with Crippen molar-refractivity contribution in [3.05, 3.63) is 0 Å². The van der Waals surface area contributed by atoms with Gasteiger partial charge in [0.2, 0.25) is 0 Å². The number of aliphatic hydroxyl groups is 1. The fraction of sp³-hybridized carbons (Fsp3) is 0.571. The SMILES string of the molecule is NC(CO)C(=O)ON1C(=O)CCC1=O. The van der Waals surface area contributed by atoms with Gasteiger partial charge in [-0.2, -0.15) is 0 Å². The normalized spacial score (nSPS) is 18.6. The fourth-order valence-corrected chi connectivity index (χ4v) is 0.890. The van der Waals surface area contributed by atoms with Gasteiger partial charge in [0.05, 0.1) is 6.61 Å². The lowest BCUT2D eigenvalue weighted by molar-refractivity contribution is -0.198. The Morgan fingerprint density at radius 2 is 2.00 bits per heavy atom. The van der Waals surface area contributed by atoms with Crippen LogP contribution in [0, 0.1) is 0 Å². The minimum absolute atomic E-state index is 0.0283. The molecule has 7 nitrogen and oxygen atoms in total. The van der Waals surface area contributed by atoms with E-state index in [9.17, 15) is 14.4 Å². The maximum Gasteiger partial charge on any atom is 0.352 e. The summed E-state index contributed by atoms with van der Waals surface area (Å²) in [6.07, 6.45) is 0.0565. The van der Waals surface area contributed by atoms with E-state index < -0.39 is 30.4 Å². The second kappa shape index (κ2) is 4.16. The van der Waals surface area contributed by atoms with Crippen LogP contribution in [0.3, 0.4) is 0 Å². The third-order valence-corrected chi connectivity index (χ3v) is 1.69. The minimum Gasteiger partial charge on any atom is -0.394 e. The van der Waals surface area contributed by atoms with Gasteiger partial charge < -0.3 is 15.7 Å². The van der Waals surface area contributed by atoms with E-state index in [4.69, 9.17) is 10.8 Å². The summed E-state index contributed by atoms with van der Waals surface area (Å²) >= 11 is 0. The fourth-order valence-electron chi connectivity index (χ4n) is 0.890. The number of hydrogen-bond donors (Lipinski definition) is 2. The lowest BCUT2D eigenvalue weighted by atomic mass is 10.3. The Morgan fingerprint density at radius 1 is 1.50 bits per heavy atom.